The predicted octanol–water partition coefficient (Wildman–Crippen LogP) is 1.95. The van der Waals surface area contributed by atoms with Crippen molar-refractivity contribution >= 4 is 34.9 Å². The van der Waals surface area contributed by atoms with Crippen molar-refractivity contribution in [1.82, 2.24) is 5.32 Å². The smallest absolute Gasteiger partial charge is 0.230 e. The summed E-state index contributed by atoms with van der Waals surface area (Å²) >= 11 is 6.81. The van der Waals surface area contributed by atoms with Crippen LogP contribution in [0.25, 0.3) is 0 Å². The summed E-state index contributed by atoms with van der Waals surface area (Å²) in [4.78, 5) is 12.3. The Hall–Kier alpha value is -0.290. The summed E-state index contributed by atoms with van der Waals surface area (Å²) in [6.45, 7) is 4.67. The van der Waals surface area contributed by atoms with Crippen LogP contribution in [0.4, 0.5) is 0 Å². The summed E-state index contributed by atoms with van der Waals surface area (Å²) in [5, 5.41) is 3.01. The highest BCUT2D eigenvalue weighted by Gasteiger charge is 2.37. The first-order valence-electron chi connectivity index (χ1n) is 6.04. The van der Waals surface area contributed by atoms with Gasteiger partial charge in [-0.15, -0.1) is 0 Å². The zero-order chi connectivity index (χ0) is 13.1. The zero-order valence-electron chi connectivity index (χ0n) is 10.8. The van der Waals surface area contributed by atoms with Crippen molar-refractivity contribution in [2.45, 2.75) is 37.9 Å². The molecular weight excluding hydrogens is 252 g/mol. The second-order valence-electron chi connectivity index (χ2n) is 5.08. The van der Waals surface area contributed by atoms with Crippen LogP contribution in [0.15, 0.2) is 0 Å². The van der Waals surface area contributed by atoms with Crippen molar-refractivity contribution in [3.63, 3.8) is 0 Å². The van der Waals surface area contributed by atoms with Gasteiger partial charge in [-0.2, -0.15) is 11.8 Å². The van der Waals surface area contributed by atoms with Gasteiger partial charge in [0.05, 0.1) is 10.9 Å². The number of thiocarbonyl (C=S) groups is 1. The second-order valence-corrected chi connectivity index (χ2v) is 6.83. The van der Waals surface area contributed by atoms with Gasteiger partial charge >= 0.3 is 0 Å². The lowest BCUT2D eigenvalue weighted by atomic mass is 9.84. The molecule has 0 saturated heterocycles. The molecule has 0 bridgehead atoms. The number of nitrogens with two attached hydrogens (primary N) is 1. The maximum Gasteiger partial charge on any atom is 0.230 e. The third-order valence-electron chi connectivity index (χ3n) is 3.54. The lowest BCUT2D eigenvalue weighted by Crippen LogP contribution is -2.49. The van der Waals surface area contributed by atoms with Crippen LogP contribution in [-0.4, -0.2) is 28.4 Å². The quantitative estimate of drug-likeness (QED) is 0.727. The lowest BCUT2D eigenvalue weighted by molar-refractivity contribution is -0.124. The molecule has 3 nitrogen and oxygen atoms in total. The monoisotopic (exact) mass is 274 g/mol. The Bertz CT molecular complexity index is 295. The highest BCUT2D eigenvalue weighted by atomic mass is 32.2. The first-order chi connectivity index (χ1) is 7.92. The average molecular weight is 274 g/mol. The number of carbonyl (C=O) groups is 1. The number of nitrogens with one attached hydrogen (secondary N) is 1. The molecule has 0 radical (unpaired) electrons. The first-order valence-corrected chi connectivity index (χ1v) is 7.67. The molecule has 3 N–H and O–H groups in total. The highest BCUT2D eigenvalue weighted by Crippen LogP contribution is 2.42. The molecule has 1 rings (SSSR count). The SMILES string of the molecule is CSC1(CNC(=O)C(C(N)=S)C(C)C)CCC1. The Morgan fingerprint density at radius 1 is 1.53 bits per heavy atom. The van der Waals surface area contributed by atoms with Gasteiger partial charge in [-0.1, -0.05) is 32.5 Å². The van der Waals surface area contributed by atoms with Gasteiger partial charge in [0.1, 0.15) is 0 Å². The van der Waals surface area contributed by atoms with E-state index in [1.165, 1.54) is 19.3 Å². The topological polar surface area (TPSA) is 55.1 Å². The van der Waals surface area contributed by atoms with Gasteiger partial charge in [0, 0.05) is 11.3 Å². The van der Waals surface area contributed by atoms with Crippen LogP contribution >= 0.6 is 24.0 Å². The van der Waals surface area contributed by atoms with Gasteiger partial charge < -0.3 is 11.1 Å². The van der Waals surface area contributed by atoms with E-state index in [4.69, 9.17) is 18.0 Å². The summed E-state index contributed by atoms with van der Waals surface area (Å²) in [6, 6.07) is 0. The molecule has 0 aliphatic heterocycles. The van der Waals surface area contributed by atoms with Crippen molar-refractivity contribution in [2.75, 3.05) is 12.8 Å². The summed E-state index contributed by atoms with van der Waals surface area (Å²) in [5.41, 5.74) is 5.62. The van der Waals surface area contributed by atoms with Crippen LogP contribution in [0.1, 0.15) is 33.1 Å². The molecule has 1 saturated carbocycles. The summed E-state index contributed by atoms with van der Waals surface area (Å²) in [7, 11) is 0. The van der Waals surface area contributed by atoms with Crippen LogP contribution in [0.2, 0.25) is 0 Å². The number of hydrogen-bond acceptors (Lipinski definition) is 3. The molecule has 1 aliphatic carbocycles. The van der Waals surface area contributed by atoms with E-state index in [0.717, 1.165) is 6.54 Å². The van der Waals surface area contributed by atoms with Gasteiger partial charge in [-0.25, -0.2) is 0 Å². The predicted molar refractivity (Wildman–Crippen MR) is 78.2 cm³/mol. The van der Waals surface area contributed by atoms with Crippen molar-refractivity contribution in [3.05, 3.63) is 0 Å². The van der Waals surface area contributed by atoms with Crippen molar-refractivity contribution < 1.29 is 4.79 Å². The Morgan fingerprint density at radius 2 is 2.12 bits per heavy atom. The normalized spacial score (nSPS) is 19.5. The molecular formula is C12H22N2OS2. The third-order valence-corrected chi connectivity index (χ3v) is 5.21. The molecule has 0 aromatic rings. The molecule has 1 atom stereocenters. The zero-order valence-corrected chi connectivity index (χ0v) is 12.4. The summed E-state index contributed by atoms with van der Waals surface area (Å²) < 4.78 is 0.257. The maximum absolute atomic E-state index is 12.0. The van der Waals surface area contributed by atoms with E-state index < -0.39 is 0 Å². The fraction of sp³-hybridized carbons (Fsp3) is 0.833. The Morgan fingerprint density at radius 3 is 2.41 bits per heavy atom. The molecule has 1 unspecified atom stereocenters. The van der Waals surface area contributed by atoms with Crippen molar-refractivity contribution in [2.24, 2.45) is 17.6 Å². The van der Waals surface area contributed by atoms with Gasteiger partial charge in [-0.3, -0.25) is 4.79 Å². The summed E-state index contributed by atoms with van der Waals surface area (Å²) in [6.07, 6.45) is 5.75. The molecule has 1 amide bonds. The maximum atomic E-state index is 12.0. The molecule has 0 heterocycles. The number of amides is 1. The molecule has 0 aromatic heterocycles. The fourth-order valence-corrected chi connectivity index (χ4v) is 3.44. The third kappa shape index (κ3) is 3.58. The van der Waals surface area contributed by atoms with Gasteiger partial charge in [0.2, 0.25) is 5.91 Å². The molecule has 5 heteroatoms. The number of hydrogen-bond donors (Lipinski definition) is 2. The van der Waals surface area contributed by atoms with E-state index in [2.05, 4.69) is 11.6 Å². The van der Waals surface area contributed by atoms with Crippen LogP contribution in [-0.2, 0) is 4.79 Å². The lowest BCUT2D eigenvalue weighted by Gasteiger charge is -2.40. The van der Waals surface area contributed by atoms with E-state index >= 15 is 0 Å². The minimum Gasteiger partial charge on any atom is -0.393 e. The number of carbonyl (C=O) groups excluding carboxylic acids is 1. The van der Waals surface area contributed by atoms with Gasteiger partial charge in [0.25, 0.3) is 0 Å². The van der Waals surface area contributed by atoms with Crippen LogP contribution < -0.4 is 11.1 Å². The Balaban J connectivity index is 2.50. The van der Waals surface area contributed by atoms with Crippen LogP contribution in [0.5, 0.6) is 0 Å². The number of rotatable bonds is 6. The Kier molecular flexibility index (Phi) is 5.25. The molecule has 0 spiro atoms. The molecule has 98 valence electrons. The molecule has 0 aromatic carbocycles. The van der Waals surface area contributed by atoms with E-state index in [-0.39, 0.29) is 22.5 Å². The first kappa shape index (κ1) is 14.8. The second kappa shape index (κ2) is 6.05. The van der Waals surface area contributed by atoms with Crippen molar-refractivity contribution in [3.8, 4) is 0 Å². The minimum absolute atomic E-state index is 0.0205. The largest absolute Gasteiger partial charge is 0.393 e. The molecule has 17 heavy (non-hydrogen) atoms. The summed E-state index contributed by atoms with van der Waals surface area (Å²) in [5.74, 6) is -0.212. The highest BCUT2D eigenvalue weighted by molar-refractivity contribution is 8.00. The van der Waals surface area contributed by atoms with E-state index in [1.807, 2.05) is 25.6 Å². The van der Waals surface area contributed by atoms with Gasteiger partial charge in [-0.05, 0) is 25.0 Å². The Labute approximate surface area is 113 Å². The molecule has 1 aliphatic rings. The standard InChI is InChI=1S/C12H22N2OS2/c1-8(2)9(10(13)16)11(15)14-7-12(17-3)5-4-6-12/h8-9H,4-7H2,1-3H3,(H2,13,16)(H,14,15). The fourth-order valence-electron chi connectivity index (χ4n) is 2.14. The van der Waals surface area contributed by atoms with E-state index in [1.54, 1.807) is 0 Å². The van der Waals surface area contributed by atoms with E-state index in [9.17, 15) is 4.79 Å². The van der Waals surface area contributed by atoms with Crippen molar-refractivity contribution in [1.29, 1.82) is 0 Å². The van der Waals surface area contributed by atoms with E-state index in [0.29, 0.717) is 4.99 Å². The van der Waals surface area contributed by atoms with Gasteiger partial charge in [0.15, 0.2) is 0 Å². The minimum atomic E-state index is -0.344. The average Bonchev–Trinajstić information content (AvgIpc) is 2.15. The molecule has 1 fully saturated rings. The van der Waals surface area contributed by atoms with Crippen LogP contribution in [0, 0.1) is 11.8 Å². The number of thioether (sulfide) groups is 1. The van der Waals surface area contributed by atoms with Crippen LogP contribution in [0.3, 0.4) is 0 Å².